The Bertz CT molecular complexity index is 424. The highest BCUT2D eigenvalue weighted by molar-refractivity contribution is 5.67. The average molecular weight is 265 g/mol. The molecule has 1 aromatic carbocycles. The third kappa shape index (κ3) is 4.56. The van der Waals surface area contributed by atoms with Crippen LogP contribution >= 0.6 is 0 Å². The van der Waals surface area contributed by atoms with Gasteiger partial charge in [0.1, 0.15) is 5.75 Å². The zero-order chi connectivity index (χ0) is 14.6. The van der Waals surface area contributed by atoms with E-state index < -0.39 is 11.4 Å². The van der Waals surface area contributed by atoms with E-state index in [9.17, 15) is 4.79 Å². The molecule has 0 amide bonds. The predicted molar refractivity (Wildman–Crippen MR) is 75.2 cm³/mol. The minimum absolute atomic E-state index is 0.0401. The Morgan fingerprint density at radius 2 is 1.84 bits per heavy atom. The van der Waals surface area contributed by atoms with E-state index in [0.29, 0.717) is 0 Å². The van der Waals surface area contributed by atoms with Crippen molar-refractivity contribution < 1.29 is 14.6 Å². The number of hydrogen-bond acceptors (Lipinski definition) is 3. The van der Waals surface area contributed by atoms with Gasteiger partial charge in [0.25, 0.3) is 0 Å². The van der Waals surface area contributed by atoms with Crippen LogP contribution in [0.3, 0.4) is 0 Å². The Morgan fingerprint density at radius 1 is 1.32 bits per heavy atom. The van der Waals surface area contributed by atoms with Crippen LogP contribution in [0, 0.1) is 5.41 Å². The van der Waals surface area contributed by atoms with Crippen LogP contribution < -0.4 is 10.5 Å². The quantitative estimate of drug-likeness (QED) is 0.829. The van der Waals surface area contributed by atoms with E-state index in [2.05, 4.69) is 0 Å². The lowest BCUT2D eigenvalue weighted by Gasteiger charge is -2.30. The maximum Gasteiger partial charge on any atom is 0.303 e. The molecule has 1 unspecified atom stereocenters. The molecule has 3 N–H and O–H groups in total. The summed E-state index contributed by atoms with van der Waals surface area (Å²) in [6.07, 6.45) is 0.168. The first-order valence-electron chi connectivity index (χ1n) is 6.46. The number of carboxylic acid groups (broad SMARTS) is 1. The summed E-state index contributed by atoms with van der Waals surface area (Å²) in [7, 11) is 0. The molecule has 106 valence electrons. The Hall–Kier alpha value is -1.55. The summed E-state index contributed by atoms with van der Waals surface area (Å²) in [6.45, 7) is 7.67. The van der Waals surface area contributed by atoms with Crippen LogP contribution in [0.5, 0.6) is 5.75 Å². The number of benzene rings is 1. The molecule has 0 bridgehead atoms. The van der Waals surface area contributed by atoms with Crippen molar-refractivity contribution in [1.82, 2.24) is 0 Å². The molecule has 0 aliphatic carbocycles. The van der Waals surface area contributed by atoms with E-state index in [1.54, 1.807) is 0 Å². The highest BCUT2D eigenvalue weighted by atomic mass is 16.5. The fourth-order valence-corrected chi connectivity index (χ4v) is 1.98. The number of aliphatic carboxylic acids is 1. The van der Waals surface area contributed by atoms with Crippen LogP contribution in [0.4, 0.5) is 0 Å². The van der Waals surface area contributed by atoms with Gasteiger partial charge in [0.15, 0.2) is 0 Å². The summed E-state index contributed by atoms with van der Waals surface area (Å²) in [5.74, 6) is -0.0396. The molecule has 0 aromatic heterocycles. The predicted octanol–water partition coefficient (Wildman–Crippen LogP) is 2.97. The molecule has 1 rings (SSSR count). The van der Waals surface area contributed by atoms with Gasteiger partial charge in [-0.2, -0.15) is 0 Å². The van der Waals surface area contributed by atoms with Crippen molar-refractivity contribution in [2.24, 2.45) is 11.1 Å². The van der Waals surface area contributed by atoms with Crippen LogP contribution in [0.15, 0.2) is 24.3 Å². The van der Waals surface area contributed by atoms with Gasteiger partial charge in [-0.15, -0.1) is 0 Å². The summed E-state index contributed by atoms with van der Waals surface area (Å²) in [5, 5.41) is 8.91. The van der Waals surface area contributed by atoms with Crippen LogP contribution in [0.25, 0.3) is 0 Å². The Labute approximate surface area is 114 Å². The molecule has 0 aliphatic rings. The molecule has 1 aromatic rings. The van der Waals surface area contributed by atoms with Gasteiger partial charge < -0.3 is 15.6 Å². The Kier molecular flexibility index (Phi) is 4.95. The van der Waals surface area contributed by atoms with Gasteiger partial charge in [0.2, 0.25) is 0 Å². The smallest absolute Gasteiger partial charge is 0.303 e. The van der Waals surface area contributed by atoms with E-state index in [-0.39, 0.29) is 18.6 Å². The number of nitrogens with two attached hydrogens (primary N) is 1. The van der Waals surface area contributed by atoms with Gasteiger partial charge in [-0.05, 0) is 37.0 Å². The number of carboxylic acids is 1. The lowest BCUT2D eigenvalue weighted by atomic mass is 9.78. The number of carbonyl (C=O) groups is 1. The van der Waals surface area contributed by atoms with Crippen molar-refractivity contribution in [2.45, 2.75) is 46.3 Å². The lowest BCUT2D eigenvalue weighted by Crippen LogP contribution is -2.31. The van der Waals surface area contributed by atoms with E-state index in [1.165, 1.54) is 0 Å². The first-order chi connectivity index (χ1) is 8.72. The van der Waals surface area contributed by atoms with E-state index in [0.717, 1.165) is 11.3 Å². The largest absolute Gasteiger partial charge is 0.491 e. The third-order valence-corrected chi connectivity index (χ3v) is 3.06. The molecule has 0 spiro atoms. The van der Waals surface area contributed by atoms with Crippen molar-refractivity contribution in [3.05, 3.63) is 29.8 Å². The SMILES string of the molecule is CC(C)Oc1ccc(C(N)C(C)(C)CC(=O)O)cc1. The normalized spacial score (nSPS) is 13.4. The van der Waals surface area contributed by atoms with Crippen molar-refractivity contribution in [3.8, 4) is 5.75 Å². The van der Waals surface area contributed by atoms with Crippen molar-refractivity contribution in [3.63, 3.8) is 0 Å². The Balaban J connectivity index is 2.82. The fourth-order valence-electron chi connectivity index (χ4n) is 1.98. The summed E-state index contributed by atoms with van der Waals surface area (Å²) < 4.78 is 5.56. The maximum atomic E-state index is 10.9. The molecule has 0 heterocycles. The van der Waals surface area contributed by atoms with Crippen molar-refractivity contribution in [2.75, 3.05) is 0 Å². The fraction of sp³-hybridized carbons (Fsp3) is 0.533. The average Bonchev–Trinajstić information content (AvgIpc) is 2.26. The zero-order valence-corrected chi connectivity index (χ0v) is 12.0. The molecule has 0 saturated carbocycles. The molecule has 0 radical (unpaired) electrons. The minimum Gasteiger partial charge on any atom is -0.491 e. The molecule has 1 atom stereocenters. The molecule has 0 aliphatic heterocycles. The number of hydrogen-bond donors (Lipinski definition) is 2. The van der Waals surface area contributed by atoms with Gasteiger partial charge in [0.05, 0.1) is 12.5 Å². The number of rotatable bonds is 6. The highest BCUT2D eigenvalue weighted by Gasteiger charge is 2.30. The maximum absolute atomic E-state index is 10.9. The van der Waals surface area contributed by atoms with Crippen LogP contribution in [0.2, 0.25) is 0 Å². The molecule has 0 fully saturated rings. The second-order valence-corrected chi connectivity index (χ2v) is 5.77. The molecule has 19 heavy (non-hydrogen) atoms. The molecular formula is C15H23NO3. The van der Waals surface area contributed by atoms with Gasteiger partial charge in [-0.1, -0.05) is 26.0 Å². The minimum atomic E-state index is -0.833. The van der Waals surface area contributed by atoms with Crippen LogP contribution in [-0.4, -0.2) is 17.2 Å². The van der Waals surface area contributed by atoms with Gasteiger partial charge in [-0.3, -0.25) is 4.79 Å². The van der Waals surface area contributed by atoms with Crippen molar-refractivity contribution in [1.29, 1.82) is 0 Å². The molecule has 0 saturated heterocycles. The van der Waals surface area contributed by atoms with Crippen LogP contribution in [0.1, 0.15) is 45.7 Å². The first kappa shape index (κ1) is 15.5. The Morgan fingerprint density at radius 3 is 2.26 bits per heavy atom. The summed E-state index contributed by atoms with van der Waals surface area (Å²) in [5.41, 5.74) is 6.59. The van der Waals surface area contributed by atoms with Crippen LogP contribution in [-0.2, 0) is 4.79 Å². The van der Waals surface area contributed by atoms with Gasteiger partial charge in [0, 0.05) is 6.04 Å². The van der Waals surface area contributed by atoms with E-state index in [1.807, 2.05) is 52.0 Å². The lowest BCUT2D eigenvalue weighted by molar-refractivity contribution is -0.139. The molecule has 4 nitrogen and oxygen atoms in total. The third-order valence-electron chi connectivity index (χ3n) is 3.06. The molecule has 4 heteroatoms. The first-order valence-corrected chi connectivity index (χ1v) is 6.46. The van der Waals surface area contributed by atoms with E-state index >= 15 is 0 Å². The topological polar surface area (TPSA) is 72.5 Å². The second-order valence-electron chi connectivity index (χ2n) is 5.77. The zero-order valence-electron chi connectivity index (χ0n) is 12.0. The summed E-state index contributed by atoms with van der Waals surface area (Å²) in [4.78, 5) is 10.9. The highest BCUT2D eigenvalue weighted by Crippen LogP contribution is 2.35. The standard InChI is InChI=1S/C15H23NO3/c1-10(2)19-12-7-5-11(6-8-12)14(16)15(3,4)9-13(17)18/h5-8,10,14H,9,16H2,1-4H3,(H,17,18). The van der Waals surface area contributed by atoms with Gasteiger partial charge >= 0.3 is 5.97 Å². The summed E-state index contributed by atoms with van der Waals surface area (Å²) >= 11 is 0. The summed E-state index contributed by atoms with van der Waals surface area (Å²) in [6, 6.07) is 7.20. The second kappa shape index (κ2) is 6.06. The molecular weight excluding hydrogens is 242 g/mol. The van der Waals surface area contributed by atoms with E-state index in [4.69, 9.17) is 15.6 Å². The van der Waals surface area contributed by atoms with Gasteiger partial charge in [-0.25, -0.2) is 0 Å². The monoisotopic (exact) mass is 265 g/mol. The van der Waals surface area contributed by atoms with Crippen molar-refractivity contribution >= 4 is 5.97 Å². The number of ether oxygens (including phenoxy) is 1.